The smallest absolute Gasteiger partial charge is 0.339 e. The Morgan fingerprint density at radius 1 is 1.35 bits per heavy atom. The van der Waals surface area contributed by atoms with Gasteiger partial charge in [-0.05, 0) is 18.6 Å². The van der Waals surface area contributed by atoms with Crippen LogP contribution in [0.3, 0.4) is 0 Å². The summed E-state index contributed by atoms with van der Waals surface area (Å²) in [4.78, 5) is 27.4. The molecular weight excluding hydrogens is 332 g/mol. The summed E-state index contributed by atoms with van der Waals surface area (Å²) in [6, 6.07) is 8.27. The van der Waals surface area contributed by atoms with Crippen LogP contribution in [0.25, 0.3) is 0 Å². The zero-order valence-electron chi connectivity index (χ0n) is 15.5. The lowest BCUT2D eigenvalue weighted by Crippen LogP contribution is -2.36. The highest BCUT2D eigenvalue weighted by atomic mass is 16.5. The zero-order valence-corrected chi connectivity index (χ0v) is 15.5. The molecule has 0 spiro atoms. The van der Waals surface area contributed by atoms with E-state index in [1.54, 1.807) is 42.3 Å². The number of hydrogen-bond acceptors (Lipinski definition) is 4. The number of nitrogens with zero attached hydrogens (tertiary/aromatic N) is 2. The third-order valence-corrected chi connectivity index (χ3v) is 4.44. The van der Waals surface area contributed by atoms with E-state index in [0.29, 0.717) is 18.5 Å². The third-order valence-electron chi connectivity index (χ3n) is 4.44. The Balaban J connectivity index is 1.91. The van der Waals surface area contributed by atoms with E-state index in [9.17, 15) is 14.7 Å². The molecule has 0 aliphatic carbocycles. The monoisotopic (exact) mass is 360 g/mol. The van der Waals surface area contributed by atoms with Gasteiger partial charge < -0.3 is 14.7 Å². The Kier molecular flexibility index (Phi) is 7.66. The van der Waals surface area contributed by atoms with E-state index in [1.807, 2.05) is 12.1 Å². The number of amides is 2. The number of rotatable bonds is 9. The Morgan fingerprint density at radius 2 is 2.08 bits per heavy atom. The summed E-state index contributed by atoms with van der Waals surface area (Å²) < 4.78 is 5.29. The number of aliphatic hydroxyl groups excluding tert-OH is 1. The molecule has 1 heterocycles. The number of benzene rings is 1. The predicted octanol–water partition coefficient (Wildman–Crippen LogP) is 3.03. The molecule has 1 aromatic carbocycles. The molecular formula is C20H28N2O4. The molecule has 6 heteroatoms. The molecule has 0 radical (unpaired) electrons. The van der Waals surface area contributed by atoms with Gasteiger partial charge in [-0.2, -0.15) is 0 Å². The van der Waals surface area contributed by atoms with E-state index >= 15 is 0 Å². The fourth-order valence-corrected chi connectivity index (χ4v) is 2.88. The number of likely N-dealkylation sites (N-methyl/N-ethyl adjacent to an activating group) is 1. The van der Waals surface area contributed by atoms with Gasteiger partial charge in [-0.15, -0.1) is 0 Å². The molecule has 1 N–H and O–H groups in total. The number of carbonyl (C=O) groups is 2. The van der Waals surface area contributed by atoms with Crippen LogP contribution in [0.2, 0.25) is 0 Å². The van der Waals surface area contributed by atoms with Crippen molar-refractivity contribution in [2.24, 2.45) is 0 Å². The first-order chi connectivity index (χ1) is 12.5. The van der Waals surface area contributed by atoms with E-state index in [0.717, 1.165) is 19.3 Å². The van der Waals surface area contributed by atoms with Crippen molar-refractivity contribution in [3.05, 3.63) is 48.0 Å². The quantitative estimate of drug-likeness (QED) is 0.417. The summed E-state index contributed by atoms with van der Waals surface area (Å²) in [6.07, 6.45) is 6.94. The molecule has 26 heavy (non-hydrogen) atoms. The first kappa shape index (κ1) is 20.0. The highest BCUT2D eigenvalue weighted by molar-refractivity contribution is 5.89. The van der Waals surface area contributed by atoms with Crippen molar-refractivity contribution in [1.82, 2.24) is 9.80 Å². The molecule has 0 aromatic heterocycles. The number of ether oxygens (including phenoxy) is 1. The third kappa shape index (κ3) is 5.59. The lowest BCUT2D eigenvalue weighted by molar-refractivity contribution is 0.0296. The van der Waals surface area contributed by atoms with E-state index in [1.165, 1.54) is 4.90 Å². The van der Waals surface area contributed by atoms with Gasteiger partial charge in [0.15, 0.2) is 6.73 Å². The van der Waals surface area contributed by atoms with E-state index < -0.39 is 12.1 Å². The molecule has 0 saturated carbocycles. The molecule has 1 aliphatic heterocycles. The van der Waals surface area contributed by atoms with Crippen LogP contribution in [0.4, 0.5) is 4.79 Å². The molecule has 6 nitrogen and oxygen atoms in total. The molecule has 1 aliphatic rings. The van der Waals surface area contributed by atoms with Crippen molar-refractivity contribution >= 4 is 12.0 Å². The molecule has 2 amide bonds. The maximum absolute atomic E-state index is 12.3. The van der Waals surface area contributed by atoms with Gasteiger partial charge in [0.05, 0.1) is 17.7 Å². The van der Waals surface area contributed by atoms with Crippen LogP contribution in [-0.2, 0) is 4.74 Å². The van der Waals surface area contributed by atoms with Crippen molar-refractivity contribution in [1.29, 1.82) is 0 Å². The van der Waals surface area contributed by atoms with Crippen molar-refractivity contribution in [2.45, 2.75) is 44.8 Å². The largest absolute Gasteiger partial charge is 0.440 e. The van der Waals surface area contributed by atoms with Gasteiger partial charge >= 0.3 is 12.0 Å². The van der Waals surface area contributed by atoms with Crippen LogP contribution in [0.5, 0.6) is 0 Å². The van der Waals surface area contributed by atoms with Gasteiger partial charge in [-0.25, -0.2) is 9.59 Å². The van der Waals surface area contributed by atoms with Gasteiger partial charge in [0.1, 0.15) is 0 Å². The van der Waals surface area contributed by atoms with Crippen LogP contribution in [0, 0.1) is 0 Å². The maximum atomic E-state index is 12.3. The second-order valence-corrected chi connectivity index (χ2v) is 6.58. The summed E-state index contributed by atoms with van der Waals surface area (Å²) in [5.41, 5.74) is 0.450. The minimum Gasteiger partial charge on any atom is -0.440 e. The van der Waals surface area contributed by atoms with E-state index in [-0.39, 0.29) is 18.8 Å². The van der Waals surface area contributed by atoms with Crippen molar-refractivity contribution in [2.75, 3.05) is 20.3 Å². The summed E-state index contributed by atoms with van der Waals surface area (Å²) in [7, 11) is 1.71. The van der Waals surface area contributed by atoms with Gasteiger partial charge in [0, 0.05) is 13.6 Å². The Labute approximate surface area is 155 Å². The maximum Gasteiger partial charge on any atom is 0.339 e. The lowest BCUT2D eigenvalue weighted by atomic mass is 10.1. The van der Waals surface area contributed by atoms with Gasteiger partial charge in [0.25, 0.3) is 0 Å². The van der Waals surface area contributed by atoms with Gasteiger partial charge in [-0.1, -0.05) is 56.5 Å². The molecule has 2 rings (SSSR count). The summed E-state index contributed by atoms with van der Waals surface area (Å²) in [5.74, 6) is -0.463. The number of unbranched alkanes of at least 4 members (excludes halogenated alkanes) is 2. The standard InChI is InChI=1S/C20H28N2O4/c1-3-4-6-11-18(23)13-12-17-14-21(2)20(25)22(17)15-26-19(24)16-9-7-5-8-10-16/h5,7-10,12-13,17-18,23H,3-4,6,11,14-15H2,1-2H3/b13-12+. The molecule has 2 unspecified atom stereocenters. The first-order valence-electron chi connectivity index (χ1n) is 9.13. The van der Waals surface area contributed by atoms with Crippen LogP contribution in [-0.4, -0.2) is 59.4 Å². The van der Waals surface area contributed by atoms with E-state index in [2.05, 4.69) is 6.92 Å². The Hall–Kier alpha value is -2.34. The fraction of sp³-hybridized carbons (Fsp3) is 0.500. The van der Waals surface area contributed by atoms with Gasteiger partial charge in [0.2, 0.25) is 0 Å². The predicted molar refractivity (Wildman–Crippen MR) is 99.7 cm³/mol. The van der Waals surface area contributed by atoms with Crippen LogP contribution >= 0.6 is 0 Å². The second kappa shape index (κ2) is 9.97. The van der Waals surface area contributed by atoms with Gasteiger partial charge in [-0.3, -0.25) is 4.90 Å². The van der Waals surface area contributed by atoms with Crippen molar-refractivity contribution in [3.8, 4) is 0 Å². The summed E-state index contributed by atoms with van der Waals surface area (Å²) >= 11 is 0. The number of urea groups is 1. The topological polar surface area (TPSA) is 70.1 Å². The summed E-state index contributed by atoms with van der Waals surface area (Å²) in [6.45, 7) is 2.51. The Bertz CT molecular complexity index is 617. The molecule has 2 atom stereocenters. The molecule has 0 bridgehead atoms. The molecule has 1 aromatic rings. The number of aliphatic hydroxyl groups is 1. The number of esters is 1. The fourth-order valence-electron chi connectivity index (χ4n) is 2.88. The summed E-state index contributed by atoms with van der Waals surface area (Å²) in [5, 5.41) is 10.0. The number of carbonyl (C=O) groups excluding carboxylic acids is 2. The van der Waals surface area contributed by atoms with Crippen molar-refractivity contribution in [3.63, 3.8) is 0 Å². The highest BCUT2D eigenvalue weighted by Gasteiger charge is 2.34. The van der Waals surface area contributed by atoms with Crippen LogP contribution in [0.1, 0.15) is 43.0 Å². The minimum atomic E-state index is -0.517. The molecule has 1 fully saturated rings. The average Bonchev–Trinajstić information content (AvgIpc) is 2.92. The van der Waals surface area contributed by atoms with Crippen LogP contribution in [0.15, 0.2) is 42.5 Å². The minimum absolute atomic E-state index is 0.113. The zero-order chi connectivity index (χ0) is 18.9. The molecule has 1 saturated heterocycles. The van der Waals surface area contributed by atoms with E-state index in [4.69, 9.17) is 4.74 Å². The average molecular weight is 360 g/mol. The highest BCUT2D eigenvalue weighted by Crippen LogP contribution is 2.17. The Morgan fingerprint density at radius 3 is 2.77 bits per heavy atom. The first-order valence-corrected chi connectivity index (χ1v) is 9.13. The SMILES string of the molecule is CCCCCC(O)/C=C/C1CN(C)C(=O)N1COC(=O)c1ccccc1. The lowest BCUT2D eigenvalue weighted by Gasteiger charge is -2.20. The van der Waals surface area contributed by atoms with Crippen molar-refractivity contribution < 1.29 is 19.4 Å². The normalized spacial score (nSPS) is 18.6. The molecule has 142 valence electrons. The second-order valence-electron chi connectivity index (χ2n) is 6.58. The van der Waals surface area contributed by atoms with Crippen LogP contribution < -0.4 is 0 Å². The number of hydrogen-bond donors (Lipinski definition) is 1.